The van der Waals surface area contributed by atoms with Crippen molar-refractivity contribution in [3.63, 3.8) is 0 Å². The zero-order valence-corrected chi connectivity index (χ0v) is 16.4. The fourth-order valence-electron chi connectivity index (χ4n) is 3.50. The van der Waals surface area contributed by atoms with Gasteiger partial charge in [0.15, 0.2) is 0 Å². The molecular weight excluding hydrogens is 364 g/mol. The second-order valence-electron chi connectivity index (χ2n) is 6.48. The number of fused-ring (bicyclic) bond motifs is 1. The summed E-state index contributed by atoms with van der Waals surface area (Å²) in [5, 5.41) is 3.13. The van der Waals surface area contributed by atoms with E-state index >= 15 is 0 Å². The molecule has 0 aliphatic carbocycles. The molecule has 2 aromatic rings. The normalized spacial score (nSPS) is 19.1. The van der Waals surface area contributed by atoms with E-state index in [1.165, 1.54) is 9.13 Å². The molecule has 1 N–H and O–H groups in total. The van der Waals surface area contributed by atoms with E-state index in [4.69, 9.17) is 0 Å². The van der Waals surface area contributed by atoms with Crippen molar-refractivity contribution in [1.82, 2.24) is 18.8 Å². The quantitative estimate of drug-likeness (QED) is 0.845. The second kappa shape index (κ2) is 7.49. The topological polar surface area (TPSA) is 76.3 Å². The second-order valence-corrected chi connectivity index (χ2v) is 8.42. The molecule has 0 radical (unpaired) electrons. The van der Waals surface area contributed by atoms with Crippen molar-refractivity contribution in [2.24, 2.45) is 20.0 Å². The molecule has 3 rings (SSSR count). The Labute approximate surface area is 154 Å². The molecule has 1 aromatic carbocycles. The predicted octanol–water partition coefficient (Wildman–Crippen LogP) is 0.919. The minimum atomic E-state index is -3.54. The Balaban J connectivity index is 0.00000225. The van der Waals surface area contributed by atoms with Crippen molar-refractivity contribution >= 4 is 33.5 Å². The van der Waals surface area contributed by atoms with Crippen LogP contribution in [0.4, 0.5) is 0 Å². The molecule has 0 bridgehead atoms. The maximum atomic E-state index is 13.0. The first-order chi connectivity index (χ1) is 11.4. The number of benzene rings is 1. The number of halogens is 1. The van der Waals surface area contributed by atoms with Gasteiger partial charge in [0.25, 0.3) is 0 Å². The third kappa shape index (κ3) is 3.48. The van der Waals surface area contributed by atoms with Gasteiger partial charge in [-0.25, -0.2) is 13.2 Å². The third-order valence-corrected chi connectivity index (χ3v) is 6.72. The number of aryl methyl sites for hydroxylation is 2. The fourth-order valence-corrected chi connectivity index (χ4v) is 5.07. The lowest BCUT2D eigenvalue weighted by molar-refractivity contribution is 0.263. The van der Waals surface area contributed by atoms with Crippen LogP contribution < -0.4 is 11.0 Å². The van der Waals surface area contributed by atoms with Crippen LogP contribution in [0.5, 0.6) is 0 Å². The van der Waals surface area contributed by atoms with E-state index in [0.717, 1.165) is 24.9 Å². The molecule has 9 heteroatoms. The van der Waals surface area contributed by atoms with Gasteiger partial charge in [0.2, 0.25) is 10.0 Å². The smallest absolute Gasteiger partial charge is 0.319 e. The van der Waals surface area contributed by atoms with Crippen molar-refractivity contribution in [2.75, 3.05) is 26.7 Å². The maximum absolute atomic E-state index is 13.0. The fraction of sp³-hybridized carbons (Fsp3) is 0.562. The zero-order valence-electron chi connectivity index (χ0n) is 14.7. The van der Waals surface area contributed by atoms with E-state index < -0.39 is 10.0 Å². The lowest BCUT2D eigenvalue weighted by Crippen LogP contribution is -2.42. The number of rotatable bonds is 4. The summed E-state index contributed by atoms with van der Waals surface area (Å²) < 4.78 is 30.6. The number of imidazole rings is 1. The Hall–Kier alpha value is -1.35. The van der Waals surface area contributed by atoms with E-state index in [2.05, 4.69) is 5.32 Å². The van der Waals surface area contributed by atoms with Crippen LogP contribution in [-0.4, -0.2) is 48.5 Å². The van der Waals surface area contributed by atoms with Crippen LogP contribution in [0.3, 0.4) is 0 Å². The summed E-state index contributed by atoms with van der Waals surface area (Å²) in [5.41, 5.74) is 1.20. The van der Waals surface area contributed by atoms with Gasteiger partial charge in [-0.15, -0.1) is 12.4 Å². The van der Waals surface area contributed by atoms with Gasteiger partial charge < -0.3 is 5.32 Å². The highest BCUT2D eigenvalue weighted by Gasteiger charge is 2.30. The Morgan fingerprint density at radius 1 is 1.20 bits per heavy atom. The molecule has 0 spiro atoms. The molecule has 1 aromatic heterocycles. The van der Waals surface area contributed by atoms with E-state index in [-0.39, 0.29) is 23.0 Å². The summed E-state index contributed by atoms with van der Waals surface area (Å²) in [6.07, 6.45) is 1.91. The van der Waals surface area contributed by atoms with E-state index in [1.54, 1.807) is 36.6 Å². The molecule has 0 saturated carbocycles. The molecule has 7 nitrogen and oxygen atoms in total. The number of hydrogen-bond donors (Lipinski definition) is 1. The monoisotopic (exact) mass is 388 g/mol. The molecule has 1 atom stereocenters. The first-order valence-corrected chi connectivity index (χ1v) is 9.60. The standard InChI is InChI=1S/C16H24N4O3S.ClH/c1-17-10-12-5-4-8-20(11-12)24(22,23)13-6-7-14-15(9-13)19(3)16(21)18(14)2;/h6-7,9,12,17H,4-5,8,10-11H2,1-3H3;1H. The number of nitrogens with zero attached hydrogens (tertiary/aromatic N) is 3. The Kier molecular flexibility index (Phi) is 5.98. The van der Waals surface area contributed by atoms with Gasteiger partial charge in [0.1, 0.15) is 0 Å². The molecule has 1 unspecified atom stereocenters. The average Bonchev–Trinajstić information content (AvgIpc) is 2.80. The summed E-state index contributed by atoms with van der Waals surface area (Å²) in [6.45, 7) is 1.90. The molecule has 1 aliphatic rings. The number of nitrogens with one attached hydrogen (secondary N) is 1. The van der Waals surface area contributed by atoms with Gasteiger partial charge in [0.05, 0.1) is 15.9 Å². The largest absolute Gasteiger partial charge is 0.328 e. The number of hydrogen-bond acceptors (Lipinski definition) is 4. The summed E-state index contributed by atoms with van der Waals surface area (Å²) in [7, 11) is 1.69. The van der Waals surface area contributed by atoms with Crippen LogP contribution in [0.2, 0.25) is 0 Å². The minimum Gasteiger partial charge on any atom is -0.319 e. The van der Waals surface area contributed by atoms with Crippen LogP contribution >= 0.6 is 12.4 Å². The van der Waals surface area contributed by atoms with Crippen molar-refractivity contribution in [3.8, 4) is 0 Å². The van der Waals surface area contributed by atoms with Crippen molar-refractivity contribution in [2.45, 2.75) is 17.7 Å². The van der Waals surface area contributed by atoms with Crippen molar-refractivity contribution in [3.05, 3.63) is 28.7 Å². The number of piperidine rings is 1. The molecule has 1 fully saturated rings. The molecule has 25 heavy (non-hydrogen) atoms. The van der Waals surface area contributed by atoms with Crippen LogP contribution in [0.15, 0.2) is 27.9 Å². The van der Waals surface area contributed by atoms with E-state index in [0.29, 0.717) is 24.5 Å². The van der Waals surface area contributed by atoms with Crippen LogP contribution in [0.1, 0.15) is 12.8 Å². The summed E-state index contributed by atoms with van der Waals surface area (Å²) in [5.74, 6) is 0.336. The van der Waals surface area contributed by atoms with Gasteiger partial charge in [-0.05, 0) is 50.6 Å². The third-order valence-electron chi connectivity index (χ3n) is 4.86. The first-order valence-electron chi connectivity index (χ1n) is 8.16. The highest BCUT2D eigenvalue weighted by molar-refractivity contribution is 7.89. The highest BCUT2D eigenvalue weighted by Crippen LogP contribution is 2.25. The van der Waals surface area contributed by atoms with Gasteiger partial charge >= 0.3 is 5.69 Å². The Morgan fingerprint density at radius 3 is 2.56 bits per heavy atom. The number of aromatic nitrogens is 2. The average molecular weight is 389 g/mol. The van der Waals surface area contributed by atoms with Gasteiger partial charge in [0, 0.05) is 27.2 Å². The SMILES string of the molecule is CNCC1CCCN(S(=O)(=O)c2ccc3c(c2)n(C)c(=O)n3C)C1.Cl. The number of sulfonamides is 1. The highest BCUT2D eigenvalue weighted by atomic mass is 35.5. The lowest BCUT2D eigenvalue weighted by atomic mass is 10.00. The summed E-state index contributed by atoms with van der Waals surface area (Å²) in [4.78, 5) is 12.3. The molecule has 1 saturated heterocycles. The molecule has 0 amide bonds. The van der Waals surface area contributed by atoms with Gasteiger partial charge in [-0.2, -0.15) is 4.31 Å². The van der Waals surface area contributed by atoms with Crippen LogP contribution in [-0.2, 0) is 24.1 Å². The van der Waals surface area contributed by atoms with Crippen LogP contribution in [0.25, 0.3) is 11.0 Å². The first kappa shape index (κ1) is 20.0. The lowest BCUT2D eigenvalue weighted by Gasteiger charge is -2.31. The predicted molar refractivity (Wildman–Crippen MR) is 101 cm³/mol. The summed E-state index contributed by atoms with van der Waals surface area (Å²) >= 11 is 0. The van der Waals surface area contributed by atoms with E-state index in [1.807, 2.05) is 7.05 Å². The van der Waals surface area contributed by atoms with Gasteiger partial charge in [-0.1, -0.05) is 0 Å². The Morgan fingerprint density at radius 2 is 1.88 bits per heavy atom. The molecule has 2 heterocycles. The molecule has 140 valence electrons. The van der Waals surface area contributed by atoms with E-state index in [9.17, 15) is 13.2 Å². The van der Waals surface area contributed by atoms with Crippen LogP contribution in [0, 0.1) is 5.92 Å². The Bertz CT molecular complexity index is 917. The molecule has 1 aliphatic heterocycles. The maximum Gasteiger partial charge on any atom is 0.328 e. The van der Waals surface area contributed by atoms with Gasteiger partial charge in [-0.3, -0.25) is 9.13 Å². The van der Waals surface area contributed by atoms with Crippen molar-refractivity contribution < 1.29 is 8.42 Å². The molecular formula is C16H25ClN4O3S. The summed E-state index contributed by atoms with van der Waals surface area (Å²) in [6, 6.07) is 4.91. The minimum absolute atomic E-state index is 0. The zero-order chi connectivity index (χ0) is 17.5. The van der Waals surface area contributed by atoms with Crippen molar-refractivity contribution in [1.29, 1.82) is 0 Å².